The zero-order valence-electron chi connectivity index (χ0n) is 28.4. The fraction of sp³-hybridized carbons (Fsp3) is 0.909. The van der Waals surface area contributed by atoms with Crippen molar-refractivity contribution >= 4 is 29.7 Å². The van der Waals surface area contributed by atoms with Crippen molar-refractivity contribution in [1.82, 2.24) is 0 Å². The van der Waals surface area contributed by atoms with E-state index in [9.17, 15) is 9.79 Å². The molecule has 0 aromatic rings. The molecule has 0 spiro atoms. The van der Waals surface area contributed by atoms with E-state index in [1.54, 1.807) is 0 Å². The van der Waals surface area contributed by atoms with Gasteiger partial charge in [0.05, 0.1) is 0 Å². The Bertz CT molecular complexity index is 343. The van der Waals surface area contributed by atoms with Crippen molar-refractivity contribution in [2.45, 2.75) is 194 Å². The van der Waals surface area contributed by atoms with Gasteiger partial charge in [0.2, 0.25) is 0 Å². The van der Waals surface area contributed by atoms with Crippen LogP contribution < -0.4 is 9.79 Å². The van der Waals surface area contributed by atoms with E-state index >= 15 is 0 Å². The summed E-state index contributed by atoms with van der Waals surface area (Å²) in [5.41, 5.74) is -3.72. The van der Waals surface area contributed by atoms with E-state index in [1.165, 1.54) is 154 Å². The third-order valence-electron chi connectivity index (χ3n) is 6.31. The molecule has 0 aliphatic carbocycles. The molecule has 236 valence electrons. The van der Waals surface area contributed by atoms with Gasteiger partial charge >= 0.3 is 58.4 Å². The molecule has 0 aromatic heterocycles. The van der Waals surface area contributed by atoms with Crippen LogP contribution in [0.25, 0.3) is 0 Å². The van der Waals surface area contributed by atoms with E-state index in [2.05, 4.69) is 65.6 Å². The summed E-state index contributed by atoms with van der Waals surface area (Å²) in [5.74, 6) is 0. The Hall–Kier alpha value is 2.79. The largest absolute Gasteiger partial charge is 2.00 e. The summed E-state index contributed by atoms with van der Waals surface area (Å²) in [5, 5.41) is 0. The predicted octanol–water partition coefficient (Wildman–Crippen LogP) is 11.5. The maximum absolute atomic E-state index is 9.29. The van der Waals surface area contributed by atoms with Gasteiger partial charge in [-0.15, -0.1) is 0 Å². The molecule has 0 bridgehead atoms. The minimum Gasteiger partial charge on any atom is -0.850 e. The summed E-state index contributed by atoms with van der Waals surface area (Å²) in [4.78, 5) is 18.6. The molecular weight excluding hydrogens is 720 g/mol. The Balaban J connectivity index is -0.0000000756. The minimum atomic E-state index is -3.72. The predicted molar refractivity (Wildman–Crippen MR) is 179 cm³/mol. The molecule has 0 atom stereocenters. The van der Waals surface area contributed by atoms with E-state index in [0.29, 0.717) is 0 Å². The maximum atomic E-state index is 9.29. The fourth-order valence-electron chi connectivity index (χ4n) is 3.93. The summed E-state index contributed by atoms with van der Waals surface area (Å²) in [6.45, 7) is 18.3. The van der Waals surface area contributed by atoms with Crippen molar-refractivity contribution in [2.75, 3.05) is 0 Å². The molecule has 2 nitrogen and oxygen atoms in total. The topological polar surface area (TPSA) is 46.1 Å². The van der Waals surface area contributed by atoms with Gasteiger partial charge in [-0.05, 0) is 0 Å². The molecule has 0 rings (SSSR count). The third-order valence-corrected chi connectivity index (χ3v) is 6.31. The second kappa shape index (κ2) is 58.3. The summed E-state index contributed by atoms with van der Waals surface area (Å²) in [6, 6.07) is 0. The van der Waals surface area contributed by atoms with Crippen LogP contribution in [0.5, 0.6) is 0 Å². The monoisotopic (exact) mass is 784 g/mol. The van der Waals surface area contributed by atoms with Crippen LogP contribution in [-0.4, -0.2) is 0 Å². The van der Waals surface area contributed by atoms with Crippen LogP contribution >= 0.6 is 5.69 Å². The first kappa shape index (κ1) is 59.2. The van der Waals surface area contributed by atoms with E-state index in [4.69, 9.17) is 0 Å². The van der Waals surface area contributed by atoms with Crippen LogP contribution in [0.15, 0.2) is 0 Å². The Morgan fingerprint density at radius 3 is 0.659 bits per heavy atom. The van der Waals surface area contributed by atoms with E-state index in [1.807, 2.05) is 0 Å². The van der Waals surface area contributed by atoms with Crippen molar-refractivity contribution in [3.8, 4) is 0 Å². The zero-order valence-corrected chi connectivity index (χ0v) is 39.8. The number of rotatable bonds is 24. The average molecular weight is 789 g/mol. The summed E-state index contributed by atoms with van der Waals surface area (Å²) in [6.07, 6.45) is 37.2. The van der Waals surface area contributed by atoms with Crippen LogP contribution in [0.3, 0.4) is 0 Å². The molecule has 0 saturated heterocycles. The van der Waals surface area contributed by atoms with Crippen molar-refractivity contribution in [3.63, 3.8) is 0 Å². The Labute approximate surface area is 310 Å². The summed E-state index contributed by atoms with van der Waals surface area (Å²) < 4.78 is 0. The van der Waals surface area contributed by atoms with E-state index in [0.717, 1.165) is 19.3 Å². The smallest absolute Gasteiger partial charge is 0.850 e. The molecule has 41 heavy (non-hydrogen) atoms. The second-order valence-corrected chi connectivity index (χ2v) is 14.9. The van der Waals surface area contributed by atoms with Crippen molar-refractivity contribution < 1.29 is 68.2 Å². The van der Waals surface area contributed by atoms with Crippen molar-refractivity contribution in [2.24, 2.45) is 0 Å². The van der Waals surface area contributed by atoms with Crippen molar-refractivity contribution in [3.05, 3.63) is 20.8 Å². The van der Waals surface area contributed by atoms with Crippen molar-refractivity contribution in [1.29, 1.82) is 0 Å². The van der Waals surface area contributed by atoms with Crippen LogP contribution in [0.2, 0.25) is 0 Å². The molecule has 0 aliphatic heterocycles. The van der Waals surface area contributed by atoms with Gasteiger partial charge < -0.3 is 48.5 Å². The molecule has 0 fully saturated rings. The molecule has 0 amide bonds. The maximum Gasteiger partial charge on any atom is 2.00 e. The molecule has 0 aromatic carbocycles. The first-order valence-electron chi connectivity index (χ1n) is 16.4. The first-order valence-corrected chi connectivity index (χ1v) is 20.0. The molecule has 0 heterocycles. The summed E-state index contributed by atoms with van der Waals surface area (Å²) in [7, 11) is 0. The Kier molecular flexibility index (Phi) is 84.3. The van der Waals surface area contributed by atoms with Gasteiger partial charge in [0.1, 0.15) is 0 Å². The van der Waals surface area contributed by atoms with E-state index < -0.39 is 5.69 Å². The van der Waals surface area contributed by atoms with Gasteiger partial charge in [0, 0.05) is 0 Å². The molecule has 0 radical (unpaired) electrons. The van der Waals surface area contributed by atoms with Gasteiger partial charge in [-0.2, -0.15) is 31.1 Å². The van der Waals surface area contributed by atoms with Crippen LogP contribution in [0.4, 0.5) is 0 Å². The van der Waals surface area contributed by atoms with Crippen LogP contribution in [0.1, 0.15) is 194 Å². The summed E-state index contributed by atoms with van der Waals surface area (Å²) >= 11 is 7.28. The Morgan fingerprint density at radius 2 is 0.537 bits per heavy atom. The number of hydrogen-bond donors (Lipinski definition) is 0. The fourth-order valence-corrected chi connectivity index (χ4v) is 3.93. The normalized spacial score (nSPS) is 9.78. The number of unbranched alkanes of at least 4 members (excludes halogenated alkanes) is 24. The molecule has 0 aliphatic rings. The quantitative estimate of drug-likeness (QED) is 0.0321. The molecule has 8 heteroatoms. The standard InChI is InChI=1S/3C11H23.H3O2PS2.3Zn/c3*1-3-5-7-9-11-10-8-6-4-2;1-3(2,4)5;;;/h3*1,3-11H2,2H3;(H3,1,2,4,5);;;/q3*-1;;3*+2/p-3. The minimum absolute atomic E-state index is 0. The zero-order chi connectivity index (χ0) is 29.6. The van der Waals surface area contributed by atoms with Crippen LogP contribution in [0, 0.1) is 20.8 Å². The number of hydrogen-bond acceptors (Lipinski definition) is 4. The van der Waals surface area contributed by atoms with Gasteiger partial charge in [0.25, 0.3) is 0 Å². The van der Waals surface area contributed by atoms with Gasteiger partial charge in [-0.1, -0.05) is 175 Å². The Morgan fingerprint density at radius 1 is 0.415 bits per heavy atom. The van der Waals surface area contributed by atoms with Gasteiger partial charge in [-0.3, -0.25) is 0 Å². The third kappa shape index (κ3) is 99.2. The average Bonchev–Trinajstić information content (AvgIpc) is 2.87. The molecule has 0 saturated carbocycles. The SMILES string of the molecule is [CH2-]CCCCCCCCCC.[CH2-]CCCCCCCCCC.[CH2-]CCCCCCCCCC.[O-]P([O-])(=S)[S-].[Zn+2].[Zn+2].[Zn+2]. The second-order valence-electron chi connectivity index (χ2n) is 10.4. The molecular formula is C33H69O2PS2Zn3. The molecule has 0 N–H and O–H groups in total. The van der Waals surface area contributed by atoms with E-state index in [-0.39, 0.29) is 58.4 Å². The van der Waals surface area contributed by atoms with Crippen LogP contribution in [-0.2, 0) is 82.5 Å². The van der Waals surface area contributed by atoms with Gasteiger partial charge in [-0.25, -0.2) is 0 Å². The molecule has 0 unspecified atom stereocenters. The van der Waals surface area contributed by atoms with Gasteiger partial charge in [0.15, 0.2) is 0 Å². The first-order chi connectivity index (χ1) is 18.2.